The van der Waals surface area contributed by atoms with Crippen molar-refractivity contribution in [2.24, 2.45) is 5.92 Å². The molecule has 5 nitrogen and oxygen atoms in total. The molecule has 1 amide bonds. The van der Waals surface area contributed by atoms with Crippen molar-refractivity contribution >= 4 is 29.3 Å². The third-order valence-electron chi connectivity index (χ3n) is 4.25. The maximum Gasteiger partial charge on any atom is 0.248 e. The van der Waals surface area contributed by atoms with Crippen LogP contribution in [-0.2, 0) is 4.79 Å². The van der Waals surface area contributed by atoms with Crippen molar-refractivity contribution in [1.29, 1.82) is 0 Å². The van der Waals surface area contributed by atoms with Gasteiger partial charge in [-0.1, -0.05) is 18.5 Å². The van der Waals surface area contributed by atoms with E-state index in [1.165, 1.54) is 20.3 Å². The maximum atomic E-state index is 12.2. The molecule has 6 heteroatoms. The Bertz CT molecular complexity index is 812. The lowest BCUT2D eigenvalue weighted by molar-refractivity contribution is -0.111. The van der Waals surface area contributed by atoms with E-state index in [0.717, 1.165) is 12.2 Å². The Hall–Kier alpha value is -2.40. The van der Waals surface area contributed by atoms with Crippen LogP contribution in [0.4, 0.5) is 5.69 Å². The van der Waals surface area contributed by atoms with E-state index in [4.69, 9.17) is 25.5 Å². The highest BCUT2D eigenvalue weighted by Gasteiger charge is 2.36. The van der Waals surface area contributed by atoms with E-state index in [0.29, 0.717) is 39.8 Å². The first kappa shape index (κ1) is 17.4. The number of hydrogen-bond acceptors (Lipinski definition) is 4. The van der Waals surface area contributed by atoms with Crippen LogP contribution < -0.4 is 14.8 Å². The summed E-state index contributed by atoms with van der Waals surface area (Å²) in [5, 5.41) is 3.16. The summed E-state index contributed by atoms with van der Waals surface area (Å²) in [5.41, 5.74) is 0.477. The fraction of sp³-hybridized carbons (Fsp3) is 0.316. The number of hydrogen-bond donors (Lipinski definition) is 1. The summed E-state index contributed by atoms with van der Waals surface area (Å²) in [6.45, 7) is 2.20. The molecular formula is C19H20ClNO4. The first-order valence-electron chi connectivity index (χ1n) is 8.02. The van der Waals surface area contributed by atoms with Crippen LogP contribution in [0, 0.1) is 5.92 Å². The molecule has 0 bridgehead atoms. The third-order valence-corrected chi connectivity index (χ3v) is 4.55. The monoisotopic (exact) mass is 361 g/mol. The number of furan rings is 1. The van der Waals surface area contributed by atoms with Gasteiger partial charge in [0.25, 0.3) is 0 Å². The van der Waals surface area contributed by atoms with Gasteiger partial charge in [-0.05, 0) is 30.5 Å². The highest BCUT2D eigenvalue weighted by atomic mass is 35.5. The Morgan fingerprint density at radius 2 is 2.00 bits per heavy atom. The van der Waals surface area contributed by atoms with Gasteiger partial charge in [-0.15, -0.1) is 0 Å². The molecule has 25 heavy (non-hydrogen) atoms. The molecular weight excluding hydrogens is 342 g/mol. The molecule has 1 aromatic carbocycles. The van der Waals surface area contributed by atoms with Crippen molar-refractivity contribution in [3.8, 4) is 11.5 Å². The number of carbonyl (C=O) groups is 1. The van der Waals surface area contributed by atoms with E-state index in [1.54, 1.807) is 18.2 Å². The first-order valence-corrected chi connectivity index (χ1v) is 8.40. The van der Waals surface area contributed by atoms with Gasteiger partial charge >= 0.3 is 0 Å². The fourth-order valence-electron chi connectivity index (χ4n) is 2.67. The van der Waals surface area contributed by atoms with Gasteiger partial charge in [-0.25, -0.2) is 0 Å². The lowest BCUT2D eigenvalue weighted by Crippen LogP contribution is -2.09. The zero-order chi connectivity index (χ0) is 18.0. The molecule has 1 saturated carbocycles. The van der Waals surface area contributed by atoms with Crippen LogP contribution in [-0.4, -0.2) is 20.1 Å². The molecule has 1 fully saturated rings. The Kier molecular flexibility index (Phi) is 5.04. The number of halogens is 1. The third kappa shape index (κ3) is 3.99. The van der Waals surface area contributed by atoms with Crippen LogP contribution in [0.25, 0.3) is 6.08 Å². The number of carbonyl (C=O) groups excluding carboxylic acids is 1. The maximum absolute atomic E-state index is 12.2. The van der Waals surface area contributed by atoms with Crippen LogP contribution in [0.3, 0.4) is 0 Å². The molecule has 1 aliphatic carbocycles. The van der Waals surface area contributed by atoms with E-state index >= 15 is 0 Å². The second-order valence-corrected chi connectivity index (χ2v) is 6.48. The second kappa shape index (κ2) is 7.23. The van der Waals surface area contributed by atoms with Crippen molar-refractivity contribution in [2.75, 3.05) is 19.5 Å². The quantitative estimate of drug-likeness (QED) is 0.756. The predicted molar refractivity (Wildman–Crippen MR) is 97.4 cm³/mol. The Morgan fingerprint density at radius 3 is 2.64 bits per heavy atom. The van der Waals surface area contributed by atoms with Crippen molar-refractivity contribution in [3.63, 3.8) is 0 Å². The molecule has 2 aromatic rings. The van der Waals surface area contributed by atoms with E-state index in [-0.39, 0.29) is 5.91 Å². The number of amides is 1. The van der Waals surface area contributed by atoms with E-state index in [2.05, 4.69) is 12.2 Å². The number of ether oxygens (including phenoxy) is 2. The van der Waals surface area contributed by atoms with Gasteiger partial charge in [-0.3, -0.25) is 4.79 Å². The van der Waals surface area contributed by atoms with Crippen LogP contribution in [0.15, 0.2) is 34.8 Å². The van der Waals surface area contributed by atoms with Crippen LogP contribution in [0.5, 0.6) is 11.5 Å². The largest absolute Gasteiger partial charge is 0.495 e. The molecule has 1 heterocycles. The summed E-state index contributed by atoms with van der Waals surface area (Å²) in [6, 6.07) is 7.05. The van der Waals surface area contributed by atoms with Gasteiger partial charge in [0, 0.05) is 24.1 Å². The molecule has 2 atom stereocenters. The van der Waals surface area contributed by atoms with Crippen LogP contribution in [0.1, 0.15) is 30.8 Å². The van der Waals surface area contributed by atoms with Crippen molar-refractivity contribution in [2.45, 2.75) is 19.3 Å². The lowest BCUT2D eigenvalue weighted by Gasteiger charge is -2.12. The van der Waals surface area contributed by atoms with Gasteiger partial charge in [0.2, 0.25) is 5.91 Å². The average Bonchev–Trinajstić information content (AvgIpc) is 3.14. The highest BCUT2D eigenvalue weighted by Crippen LogP contribution is 2.47. The summed E-state index contributed by atoms with van der Waals surface area (Å²) in [6.07, 6.45) is 4.22. The SMILES string of the molecule is COc1cc(NC(=O)C=Cc2ccc(C3CC3C)o2)c(OC)cc1Cl. The summed E-state index contributed by atoms with van der Waals surface area (Å²) in [7, 11) is 3.02. The minimum absolute atomic E-state index is 0.305. The van der Waals surface area contributed by atoms with Gasteiger partial charge in [0.15, 0.2) is 0 Å². The minimum atomic E-state index is -0.305. The van der Waals surface area contributed by atoms with Gasteiger partial charge in [-0.2, -0.15) is 0 Å². The zero-order valence-corrected chi connectivity index (χ0v) is 15.1. The van der Waals surface area contributed by atoms with Gasteiger partial charge in [0.05, 0.1) is 24.9 Å². The second-order valence-electron chi connectivity index (χ2n) is 6.07. The fourth-order valence-corrected chi connectivity index (χ4v) is 2.90. The molecule has 1 aliphatic rings. The summed E-state index contributed by atoms with van der Waals surface area (Å²) < 4.78 is 16.1. The number of rotatable bonds is 6. The number of benzene rings is 1. The molecule has 1 aromatic heterocycles. The van der Waals surface area contributed by atoms with E-state index < -0.39 is 0 Å². The zero-order valence-electron chi connectivity index (χ0n) is 14.3. The minimum Gasteiger partial charge on any atom is -0.495 e. The van der Waals surface area contributed by atoms with Crippen molar-refractivity contribution < 1.29 is 18.7 Å². The molecule has 1 N–H and O–H groups in total. The molecule has 3 rings (SSSR count). The Balaban J connectivity index is 1.68. The molecule has 0 spiro atoms. The number of methoxy groups -OCH3 is 2. The van der Waals surface area contributed by atoms with Gasteiger partial charge < -0.3 is 19.2 Å². The smallest absolute Gasteiger partial charge is 0.248 e. The topological polar surface area (TPSA) is 60.7 Å². The van der Waals surface area contributed by atoms with Gasteiger partial charge in [0.1, 0.15) is 23.0 Å². The highest BCUT2D eigenvalue weighted by molar-refractivity contribution is 6.32. The van der Waals surface area contributed by atoms with E-state index in [9.17, 15) is 4.79 Å². The molecule has 0 radical (unpaired) electrons. The molecule has 2 unspecified atom stereocenters. The number of anilines is 1. The van der Waals surface area contributed by atoms with E-state index in [1.807, 2.05) is 12.1 Å². The molecule has 132 valence electrons. The molecule has 0 saturated heterocycles. The normalized spacial score (nSPS) is 19.0. The summed E-state index contributed by atoms with van der Waals surface area (Å²) in [5.74, 6) is 3.44. The van der Waals surface area contributed by atoms with Crippen molar-refractivity contribution in [3.05, 3.63) is 46.9 Å². The Labute approximate surface area is 151 Å². The first-order chi connectivity index (χ1) is 12.0. The van der Waals surface area contributed by atoms with Crippen LogP contribution in [0.2, 0.25) is 5.02 Å². The van der Waals surface area contributed by atoms with Crippen molar-refractivity contribution in [1.82, 2.24) is 0 Å². The van der Waals surface area contributed by atoms with Crippen LogP contribution >= 0.6 is 11.6 Å². The standard InChI is InChI=1S/C19H20ClNO4/c1-11-8-13(11)16-6-4-12(25-16)5-7-19(22)21-15-10-17(23-2)14(20)9-18(15)24-3/h4-7,9-11,13H,8H2,1-3H3,(H,21,22). The summed E-state index contributed by atoms with van der Waals surface area (Å²) in [4.78, 5) is 12.2. The average molecular weight is 362 g/mol. The lowest BCUT2D eigenvalue weighted by atomic mass is 10.2. The summed E-state index contributed by atoms with van der Waals surface area (Å²) >= 11 is 6.06. The molecule has 0 aliphatic heterocycles. The Morgan fingerprint density at radius 1 is 1.28 bits per heavy atom. The number of nitrogens with one attached hydrogen (secondary N) is 1. The predicted octanol–water partition coefficient (Wildman–Crippen LogP) is 4.73.